The number of nitrogens with one attached hydrogen (secondary N) is 2. The van der Waals surface area contributed by atoms with Crippen molar-refractivity contribution in [2.45, 2.75) is 6.54 Å². The summed E-state index contributed by atoms with van der Waals surface area (Å²) in [5.41, 5.74) is 1.06. The minimum Gasteiger partial charge on any atom is -0.493 e. The van der Waals surface area contributed by atoms with Crippen LogP contribution in [0.3, 0.4) is 0 Å². The first-order chi connectivity index (χ1) is 12.0. The SMILES string of the molecule is COc1cc(CNC(=O)Nc2ccc(F)cc2Cl)cc(OC)c1OC. The van der Waals surface area contributed by atoms with Crippen molar-refractivity contribution in [1.29, 1.82) is 0 Å². The topological polar surface area (TPSA) is 68.8 Å². The summed E-state index contributed by atoms with van der Waals surface area (Å²) in [4.78, 5) is 12.0. The Balaban J connectivity index is 2.06. The fourth-order valence-corrected chi connectivity index (χ4v) is 2.39. The van der Waals surface area contributed by atoms with Crippen molar-refractivity contribution in [3.8, 4) is 17.2 Å². The number of ether oxygens (including phenoxy) is 3. The monoisotopic (exact) mass is 368 g/mol. The van der Waals surface area contributed by atoms with E-state index in [9.17, 15) is 9.18 Å². The number of methoxy groups -OCH3 is 3. The van der Waals surface area contributed by atoms with Crippen LogP contribution in [0.2, 0.25) is 5.02 Å². The van der Waals surface area contributed by atoms with Gasteiger partial charge in [-0.05, 0) is 35.9 Å². The largest absolute Gasteiger partial charge is 0.493 e. The highest BCUT2D eigenvalue weighted by Gasteiger charge is 2.14. The molecule has 0 spiro atoms. The lowest BCUT2D eigenvalue weighted by atomic mass is 10.2. The molecule has 0 aromatic heterocycles. The molecule has 0 bridgehead atoms. The van der Waals surface area contributed by atoms with Crippen LogP contribution in [-0.2, 0) is 6.54 Å². The third-order valence-corrected chi connectivity index (χ3v) is 3.67. The summed E-state index contributed by atoms with van der Waals surface area (Å²) in [6.07, 6.45) is 0. The lowest BCUT2D eigenvalue weighted by Gasteiger charge is -2.15. The summed E-state index contributed by atoms with van der Waals surface area (Å²) in [6.45, 7) is 0.210. The van der Waals surface area contributed by atoms with Gasteiger partial charge in [-0.3, -0.25) is 0 Å². The Bertz CT molecular complexity index is 745. The number of halogens is 2. The number of benzene rings is 2. The van der Waals surface area contributed by atoms with Crippen LogP contribution in [0.15, 0.2) is 30.3 Å². The first kappa shape index (κ1) is 18.7. The van der Waals surface area contributed by atoms with Gasteiger partial charge in [-0.2, -0.15) is 0 Å². The van der Waals surface area contributed by atoms with Gasteiger partial charge in [0.2, 0.25) is 5.75 Å². The summed E-state index contributed by atoms with van der Waals surface area (Å²) in [5, 5.41) is 5.34. The molecule has 0 aliphatic carbocycles. The highest BCUT2D eigenvalue weighted by molar-refractivity contribution is 6.33. The molecule has 2 aromatic carbocycles. The normalized spacial score (nSPS) is 10.1. The minimum atomic E-state index is -0.484. The zero-order valence-corrected chi connectivity index (χ0v) is 14.7. The standard InChI is InChI=1S/C17H18ClFN2O4/c1-23-14-6-10(7-15(24-2)16(14)25-3)9-20-17(22)21-13-5-4-11(19)8-12(13)18/h4-8H,9H2,1-3H3,(H2,20,21,22). The van der Waals surface area contributed by atoms with Gasteiger partial charge in [0, 0.05) is 6.54 Å². The molecule has 0 atom stereocenters. The molecule has 0 radical (unpaired) electrons. The average Bonchev–Trinajstić information content (AvgIpc) is 2.61. The molecule has 0 aliphatic heterocycles. The Labute approximate surface area is 149 Å². The lowest BCUT2D eigenvalue weighted by Crippen LogP contribution is -2.28. The molecule has 0 aliphatic rings. The molecule has 0 heterocycles. The molecule has 0 fully saturated rings. The Morgan fingerprint density at radius 2 is 1.72 bits per heavy atom. The minimum absolute atomic E-state index is 0.114. The number of hydrogen-bond acceptors (Lipinski definition) is 4. The van der Waals surface area contributed by atoms with Crippen molar-refractivity contribution < 1.29 is 23.4 Å². The Morgan fingerprint density at radius 3 is 2.24 bits per heavy atom. The van der Waals surface area contributed by atoms with Crippen LogP contribution in [0.4, 0.5) is 14.9 Å². The van der Waals surface area contributed by atoms with Crippen LogP contribution >= 0.6 is 11.6 Å². The molecular formula is C17H18ClFN2O4. The van der Waals surface area contributed by atoms with Gasteiger partial charge in [-0.1, -0.05) is 11.6 Å². The maximum atomic E-state index is 13.0. The fraction of sp³-hybridized carbons (Fsp3) is 0.235. The number of carbonyl (C=O) groups excluding carboxylic acids is 1. The van der Waals surface area contributed by atoms with Gasteiger partial charge in [0.25, 0.3) is 0 Å². The predicted octanol–water partition coefficient (Wildman–Crippen LogP) is 3.83. The fourth-order valence-electron chi connectivity index (χ4n) is 2.18. The zero-order chi connectivity index (χ0) is 18.4. The third kappa shape index (κ3) is 4.67. The van der Waals surface area contributed by atoms with Gasteiger partial charge in [-0.25, -0.2) is 9.18 Å². The molecule has 6 nitrogen and oxygen atoms in total. The van der Waals surface area contributed by atoms with E-state index in [4.69, 9.17) is 25.8 Å². The van der Waals surface area contributed by atoms with E-state index in [0.29, 0.717) is 22.9 Å². The zero-order valence-electron chi connectivity index (χ0n) is 14.0. The number of rotatable bonds is 6. The van der Waals surface area contributed by atoms with E-state index in [0.717, 1.165) is 11.6 Å². The van der Waals surface area contributed by atoms with E-state index in [1.54, 1.807) is 12.1 Å². The van der Waals surface area contributed by atoms with Gasteiger partial charge in [0.05, 0.1) is 32.0 Å². The van der Waals surface area contributed by atoms with E-state index in [-0.39, 0.29) is 11.6 Å². The average molecular weight is 369 g/mol. The van der Waals surface area contributed by atoms with Crippen molar-refractivity contribution >= 4 is 23.3 Å². The van der Waals surface area contributed by atoms with Crippen molar-refractivity contribution in [2.75, 3.05) is 26.6 Å². The van der Waals surface area contributed by atoms with E-state index < -0.39 is 11.8 Å². The predicted molar refractivity (Wildman–Crippen MR) is 93.4 cm³/mol. The van der Waals surface area contributed by atoms with Crippen molar-refractivity contribution in [1.82, 2.24) is 5.32 Å². The summed E-state index contributed by atoms with van der Waals surface area (Å²) < 4.78 is 28.8. The van der Waals surface area contributed by atoms with E-state index in [1.807, 2.05) is 0 Å². The van der Waals surface area contributed by atoms with Crippen LogP contribution in [0.1, 0.15) is 5.56 Å². The van der Waals surface area contributed by atoms with E-state index >= 15 is 0 Å². The van der Waals surface area contributed by atoms with Gasteiger partial charge in [0.1, 0.15) is 5.82 Å². The second kappa shape index (κ2) is 8.43. The number of carbonyl (C=O) groups is 1. The molecule has 134 valence electrons. The molecule has 0 saturated heterocycles. The highest BCUT2D eigenvalue weighted by Crippen LogP contribution is 2.38. The van der Waals surface area contributed by atoms with Crippen LogP contribution in [0.5, 0.6) is 17.2 Å². The lowest BCUT2D eigenvalue weighted by molar-refractivity contribution is 0.251. The number of anilines is 1. The maximum Gasteiger partial charge on any atom is 0.319 e. The van der Waals surface area contributed by atoms with Crippen LogP contribution in [0.25, 0.3) is 0 Å². The quantitative estimate of drug-likeness (QED) is 0.813. The molecule has 25 heavy (non-hydrogen) atoms. The van der Waals surface area contributed by atoms with Gasteiger partial charge >= 0.3 is 6.03 Å². The Hall–Kier alpha value is -2.67. The molecule has 2 rings (SSSR count). The summed E-state index contributed by atoms with van der Waals surface area (Å²) in [7, 11) is 4.54. The number of urea groups is 1. The second-order valence-electron chi connectivity index (χ2n) is 4.97. The summed E-state index contributed by atoms with van der Waals surface area (Å²) in [6, 6.07) is 6.69. The molecule has 0 unspecified atom stereocenters. The summed E-state index contributed by atoms with van der Waals surface area (Å²) >= 11 is 5.87. The van der Waals surface area contributed by atoms with E-state index in [2.05, 4.69) is 10.6 Å². The van der Waals surface area contributed by atoms with Gasteiger partial charge in [0.15, 0.2) is 11.5 Å². The Kier molecular flexibility index (Phi) is 6.30. The molecule has 0 saturated carbocycles. The van der Waals surface area contributed by atoms with Gasteiger partial charge in [-0.15, -0.1) is 0 Å². The van der Waals surface area contributed by atoms with Gasteiger partial charge < -0.3 is 24.8 Å². The van der Waals surface area contributed by atoms with E-state index in [1.165, 1.54) is 33.5 Å². The highest BCUT2D eigenvalue weighted by atomic mass is 35.5. The van der Waals surface area contributed by atoms with Crippen LogP contribution < -0.4 is 24.8 Å². The number of amides is 2. The molecule has 2 aromatic rings. The first-order valence-corrected chi connectivity index (χ1v) is 7.65. The molecule has 2 amide bonds. The molecule has 2 N–H and O–H groups in total. The van der Waals surface area contributed by atoms with Crippen molar-refractivity contribution in [3.05, 3.63) is 46.7 Å². The third-order valence-electron chi connectivity index (χ3n) is 3.36. The maximum absolute atomic E-state index is 13.0. The first-order valence-electron chi connectivity index (χ1n) is 7.27. The van der Waals surface area contributed by atoms with Crippen molar-refractivity contribution in [3.63, 3.8) is 0 Å². The Morgan fingerprint density at radius 1 is 1.08 bits per heavy atom. The van der Waals surface area contributed by atoms with Crippen LogP contribution in [-0.4, -0.2) is 27.4 Å². The van der Waals surface area contributed by atoms with Crippen LogP contribution in [0, 0.1) is 5.82 Å². The number of hydrogen-bond donors (Lipinski definition) is 2. The smallest absolute Gasteiger partial charge is 0.319 e. The van der Waals surface area contributed by atoms with Crippen molar-refractivity contribution in [2.24, 2.45) is 0 Å². The summed E-state index contributed by atoms with van der Waals surface area (Å²) in [5.74, 6) is 0.964. The second-order valence-corrected chi connectivity index (χ2v) is 5.37. The molecule has 8 heteroatoms. The molecular weight excluding hydrogens is 351 g/mol.